The molecule has 6 fully saturated rings. The Bertz CT molecular complexity index is 3020. The van der Waals surface area contributed by atoms with Crippen molar-refractivity contribution in [3.8, 4) is 11.6 Å². The Morgan fingerprint density at radius 3 is 2.50 bits per heavy atom. The second-order valence-corrected chi connectivity index (χ2v) is 23.0. The number of nitrogens with zero attached hydrogens (tertiary/aromatic N) is 5. The topological polar surface area (TPSA) is 203 Å². The summed E-state index contributed by atoms with van der Waals surface area (Å²) in [5.74, 6) is 0.409. The van der Waals surface area contributed by atoms with Gasteiger partial charge in [-0.3, -0.25) is 19.8 Å². The fourth-order valence-corrected chi connectivity index (χ4v) is 13.3. The minimum absolute atomic E-state index is 0.0444. The Hall–Kier alpha value is -6.06. The number of anilines is 4. The van der Waals surface area contributed by atoms with Crippen molar-refractivity contribution < 1.29 is 46.2 Å². The molecular formula is C54H63FN8O10S. The van der Waals surface area contributed by atoms with Crippen LogP contribution in [0.3, 0.4) is 0 Å². The van der Waals surface area contributed by atoms with Crippen molar-refractivity contribution in [3.63, 3.8) is 0 Å². The van der Waals surface area contributed by atoms with Gasteiger partial charge >= 0.3 is 0 Å². The maximum Gasteiger partial charge on any atom is 0.293 e. The number of sulfonamides is 1. The number of nitrogens with one attached hydrogen (secondary N) is 3. The van der Waals surface area contributed by atoms with Crippen LogP contribution < -0.4 is 29.3 Å². The van der Waals surface area contributed by atoms with Gasteiger partial charge in [0.1, 0.15) is 34.5 Å². The van der Waals surface area contributed by atoms with Crippen molar-refractivity contribution in [2.45, 2.75) is 112 Å². The summed E-state index contributed by atoms with van der Waals surface area (Å²) < 4.78 is 76.4. The molecule has 3 aromatic carbocycles. The number of pyridine rings is 1. The van der Waals surface area contributed by atoms with Gasteiger partial charge in [0.05, 0.1) is 52.5 Å². The van der Waals surface area contributed by atoms with Gasteiger partial charge in [-0.05, 0) is 112 Å². The normalized spacial score (nSPS) is 24.1. The molecule has 7 aliphatic rings. The zero-order chi connectivity index (χ0) is 50.6. The Morgan fingerprint density at radius 1 is 0.892 bits per heavy atom. The standard InChI is InChI=1S/C54H63FN8O10S/c55-54(17-25-69-26-18-54)34-57-42-12-10-39(29-45(42)63(65)66)74(67,68)59-51(64)41-11-9-36(28-44(41)62-43-14-24-71-33-49(43)73-52-46(62)27-35-13-19-56-50(35)58-52)60-21-15-53(16-22-60)30-37(31-53)61-20-4-23-70-32-47(61)40-7-1-2-8-48(40)72-38-5-3-6-38/h1-2,7-13,19,27-29,37-38,43,47,49,57H,3-6,14-18,20-26,30-34H2,(H,56,58)(H,59,64)/t43-,47-,49-/m0/s1. The lowest BCUT2D eigenvalue weighted by atomic mass is 9.59. The average molecular weight is 1040 g/mol. The fourth-order valence-electron chi connectivity index (χ4n) is 12.3. The van der Waals surface area contributed by atoms with Crippen molar-refractivity contribution in [3.05, 3.63) is 100 Å². The average Bonchev–Trinajstić information content (AvgIpc) is 3.74. The van der Waals surface area contributed by atoms with Crippen LogP contribution in [-0.4, -0.2) is 130 Å². The zero-order valence-corrected chi connectivity index (χ0v) is 42.2. The monoisotopic (exact) mass is 1030 g/mol. The second kappa shape index (κ2) is 19.9. The number of benzene rings is 3. The predicted molar refractivity (Wildman–Crippen MR) is 275 cm³/mol. The summed E-state index contributed by atoms with van der Waals surface area (Å²) in [4.78, 5) is 40.9. The molecule has 74 heavy (non-hydrogen) atoms. The second-order valence-electron chi connectivity index (χ2n) is 21.3. The number of alkyl halides is 1. The third kappa shape index (κ3) is 9.52. The summed E-state index contributed by atoms with van der Waals surface area (Å²) in [6, 6.07) is 21.4. The van der Waals surface area contributed by atoms with E-state index in [1.54, 1.807) is 12.3 Å². The first-order valence-electron chi connectivity index (χ1n) is 26.3. The highest BCUT2D eigenvalue weighted by Crippen LogP contribution is 2.54. The molecular weight excluding hydrogens is 972 g/mol. The highest BCUT2D eigenvalue weighted by molar-refractivity contribution is 7.90. The lowest BCUT2D eigenvalue weighted by molar-refractivity contribution is -0.384. The quantitative estimate of drug-likeness (QED) is 0.0749. The maximum absolute atomic E-state index is 15.4. The number of piperidine rings is 1. The van der Waals surface area contributed by atoms with Crippen LogP contribution in [0.25, 0.3) is 11.0 Å². The fraction of sp³-hybridized carbons (Fsp3) is 0.519. The number of nitro groups is 1. The van der Waals surface area contributed by atoms with Gasteiger partial charge in [0, 0.05) is 100 Å². The number of carbonyl (C=O) groups excluding carboxylic acids is 1. The highest BCUT2D eigenvalue weighted by Gasteiger charge is 2.50. The molecule has 5 aliphatic heterocycles. The van der Waals surface area contributed by atoms with Crippen LogP contribution in [0.1, 0.15) is 92.6 Å². The van der Waals surface area contributed by atoms with E-state index in [2.05, 4.69) is 54.0 Å². The van der Waals surface area contributed by atoms with Gasteiger partial charge < -0.3 is 43.8 Å². The molecule has 20 heteroatoms. The molecule has 1 amide bonds. The van der Waals surface area contributed by atoms with Crippen LogP contribution in [0.15, 0.2) is 83.9 Å². The van der Waals surface area contributed by atoms with E-state index in [-0.39, 0.29) is 74.1 Å². The summed E-state index contributed by atoms with van der Waals surface area (Å²) in [7, 11) is -4.69. The van der Waals surface area contributed by atoms with Crippen molar-refractivity contribution >= 4 is 55.4 Å². The van der Waals surface area contributed by atoms with Crippen molar-refractivity contribution in [1.29, 1.82) is 0 Å². The predicted octanol–water partition coefficient (Wildman–Crippen LogP) is 8.35. The molecule has 392 valence electrons. The minimum atomic E-state index is -4.69. The summed E-state index contributed by atoms with van der Waals surface area (Å²) >= 11 is 0. The number of rotatable bonds is 13. The molecule has 0 radical (unpaired) electrons. The van der Waals surface area contributed by atoms with Gasteiger partial charge in [-0.1, -0.05) is 18.2 Å². The Kier molecular flexibility index (Phi) is 13.1. The lowest BCUT2D eigenvalue weighted by Crippen LogP contribution is -2.56. The smallest absolute Gasteiger partial charge is 0.293 e. The number of fused-ring (bicyclic) bond motifs is 3. The van der Waals surface area contributed by atoms with E-state index >= 15 is 4.39 Å². The largest absolute Gasteiger partial charge is 0.490 e. The van der Waals surface area contributed by atoms with Gasteiger partial charge in [0.25, 0.3) is 21.6 Å². The van der Waals surface area contributed by atoms with E-state index in [0.717, 1.165) is 94.1 Å². The number of carbonyl (C=O) groups is 1. The molecule has 3 N–H and O–H groups in total. The van der Waals surface area contributed by atoms with Gasteiger partial charge in [-0.15, -0.1) is 0 Å². The highest BCUT2D eigenvalue weighted by atomic mass is 32.2. The number of aromatic nitrogens is 2. The van der Waals surface area contributed by atoms with E-state index in [1.807, 2.05) is 24.3 Å². The number of aromatic amines is 1. The number of para-hydroxylation sites is 1. The molecule has 2 aliphatic carbocycles. The van der Waals surface area contributed by atoms with Crippen molar-refractivity contribution in [1.82, 2.24) is 19.6 Å². The Labute approximate surface area is 429 Å². The SMILES string of the molecule is O=C(NS(=O)(=O)c1ccc(NCC2(F)CCOCC2)c([N+](=O)[O-])c1)c1ccc(N2CCC3(CC2)CC(N2CCCOC[C@H]2c2ccccc2OC2CCC2)C3)cc1N1c2cc3cc[nH]c3nc2O[C@H]2COCC[C@@H]21. The van der Waals surface area contributed by atoms with Crippen LogP contribution in [0.4, 0.5) is 32.8 Å². The first-order valence-corrected chi connectivity index (χ1v) is 27.8. The molecule has 5 aromatic rings. The molecule has 3 atom stereocenters. The van der Waals surface area contributed by atoms with Gasteiger partial charge in [-0.2, -0.15) is 4.98 Å². The molecule has 18 nitrogen and oxygen atoms in total. The van der Waals surface area contributed by atoms with Crippen LogP contribution in [0, 0.1) is 15.5 Å². The summed E-state index contributed by atoms with van der Waals surface area (Å²) in [6.45, 7) is 4.93. The van der Waals surface area contributed by atoms with Gasteiger partial charge in [-0.25, -0.2) is 17.5 Å². The number of H-pyrrole nitrogens is 1. The van der Waals surface area contributed by atoms with Crippen molar-refractivity contribution in [2.24, 2.45) is 5.41 Å². The molecule has 0 unspecified atom stereocenters. The van der Waals surface area contributed by atoms with E-state index < -0.39 is 43.2 Å². The van der Waals surface area contributed by atoms with E-state index in [4.69, 9.17) is 28.7 Å². The molecule has 4 saturated heterocycles. The number of hydrogen-bond donors (Lipinski definition) is 3. The summed E-state index contributed by atoms with van der Waals surface area (Å²) in [5.41, 5.74) is 1.84. The summed E-state index contributed by atoms with van der Waals surface area (Å²) in [5, 5.41) is 16.0. The van der Waals surface area contributed by atoms with Gasteiger partial charge in [0.15, 0.2) is 0 Å². The van der Waals surface area contributed by atoms with E-state index in [9.17, 15) is 23.3 Å². The Balaban J connectivity index is 0.815. The van der Waals surface area contributed by atoms with Gasteiger partial charge in [0.2, 0.25) is 5.88 Å². The summed E-state index contributed by atoms with van der Waals surface area (Å²) in [6.07, 6.45) is 11.0. The zero-order valence-electron chi connectivity index (χ0n) is 41.3. The first-order chi connectivity index (χ1) is 35.9. The third-order valence-corrected chi connectivity index (χ3v) is 18.1. The number of nitro benzene ring substituents is 1. The van der Waals surface area contributed by atoms with Crippen LogP contribution >= 0.6 is 0 Å². The molecule has 12 rings (SSSR count). The third-order valence-electron chi connectivity index (χ3n) is 16.8. The molecule has 2 saturated carbocycles. The number of hydrogen-bond acceptors (Lipinski definition) is 15. The molecule has 1 spiro atoms. The number of ether oxygens (including phenoxy) is 5. The van der Waals surface area contributed by atoms with E-state index in [0.29, 0.717) is 48.6 Å². The van der Waals surface area contributed by atoms with Crippen molar-refractivity contribution in [2.75, 3.05) is 80.9 Å². The maximum atomic E-state index is 15.4. The van der Waals surface area contributed by atoms with Crippen LogP contribution in [-0.2, 0) is 24.2 Å². The van der Waals surface area contributed by atoms with Crippen LogP contribution in [0.2, 0.25) is 0 Å². The minimum Gasteiger partial charge on any atom is -0.490 e. The Morgan fingerprint density at radius 2 is 1.70 bits per heavy atom. The molecule has 0 bridgehead atoms. The van der Waals surface area contributed by atoms with Crippen LogP contribution in [0.5, 0.6) is 11.6 Å². The number of halogens is 1. The lowest BCUT2D eigenvalue weighted by Gasteiger charge is -2.56. The number of amides is 1. The van der Waals surface area contributed by atoms with E-state index in [1.165, 1.54) is 24.1 Å². The molecule has 7 heterocycles. The first kappa shape index (κ1) is 48.9. The molecule has 2 aromatic heterocycles.